The Morgan fingerprint density at radius 3 is 2.67 bits per heavy atom. The third-order valence-electron chi connectivity index (χ3n) is 3.19. The van der Waals surface area contributed by atoms with Crippen LogP contribution in [0.4, 0.5) is 0 Å². The largest absolute Gasteiger partial charge is 0.307 e. The molecule has 2 heteroatoms. The molecule has 0 aliphatic heterocycles. The van der Waals surface area contributed by atoms with Crippen LogP contribution in [0, 0.1) is 5.92 Å². The molecule has 1 aromatic carbocycles. The van der Waals surface area contributed by atoms with E-state index in [4.69, 9.17) is 0 Å². The van der Waals surface area contributed by atoms with Crippen LogP contribution < -0.4 is 5.32 Å². The van der Waals surface area contributed by atoms with Gasteiger partial charge in [-0.05, 0) is 50.3 Å². The minimum atomic E-state index is 0.443. The molecule has 1 aromatic rings. The molecule has 1 fully saturated rings. The average Bonchev–Trinajstić information content (AvgIpc) is 3.00. The summed E-state index contributed by atoms with van der Waals surface area (Å²) in [6, 6.07) is 9.64. The fraction of sp³-hybridized carbons (Fsp3) is 0.538. The van der Waals surface area contributed by atoms with Gasteiger partial charge in [0.15, 0.2) is 0 Å². The zero-order valence-electron chi connectivity index (χ0n) is 9.33. The van der Waals surface area contributed by atoms with E-state index >= 15 is 0 Å². The van der Waals surface area contributed by atoms with Gasteiger partial charge in [-0.1, -0.05) is 28.1 Å². The van der Waals surface area contributed by atoms with Gasteiger partial charge in [-0.15, -0.1) is 0 Å². The number of benzene rings is 1. The Bertz CT molecular complexity index is 333. The second kappa shape index (κ2) is 4.67. The van der Waals surface area contributed by atoms with Gasteiger partial charge >= 0.3 is 0 Å². The summed E-state index contributed by atoms with van der Waals surface area (Å²) in [6.45, 7) is 4.53. The first-order chi connectivity index (χ1) is 7.16. The molecule has 1 nitrogen and oxygen atoms in total. The van der Waals surface area contributed by atoms with Crippen LogP contribution in [0.25, 0.3) is 0 Å². The summed E-state index contributed by atoms with van der Waals surface area (Å²) in [5.74, 6) is 0.916. The highest BCUT2D eigenvalue weighted by Crippen LogP contribution is 2.33. The molecule has 0 amide bonds. The van der Waals surface area contributed by atoms with Crippen LogP contribution in [-0.4, -0.2) is 6.04 Å². The number of rotatable bonds is 4. The normalized spacial score (nSPS) is 19.9. The van der Waals surface area contributed by atoms with Crippen LogP contribution in [0.2, 0.25) is 0 Å². The Balaban J connectivity index is 1.97. The molecule has 2 atom stereocenters. The highest BCUT2D eigenvalue weighted by Gasteiger charge is 2.28. The van der Waals surface area contributed by atoms with Crippen LogP contribution >= 0.6 is 15.9 Å². The van der Waals surface area contributed by atoms with Crippen molar-refractivity contribution < 1.29 is 0 Å². The molecule has 15 heavy (non-hydrogen) atoms. The van der Waals surface area contributed by atoms with Gasteiger partial charge in [-0.3, -0.25) is 0 Å². The monoisotopic (exact) mass is 267 g/mol. The van der Waals surface area contributed by atoms with Crippen LogP contribution in [0.3, 0.4) is 0 Å². The molecule has 0 spiro atoms. The second-order valence-corrected chi connectivity index (χ2v) is 5.49. The van der Waals surface area contributed by atoms with Crippen LogP contribution in [0.1, 0.15) is 38.3 Å². The fourth-order valence-electron chi connectivity index (χ4n) is 2.00. The van der Waals surface area contributed by atoms with Crippen molar-refractivity contribution in [2.75, 3.05) is 0 Å². The average molecular weight is 268 g/mol. The van der Waals surface area contributed by atoms with E-state index in [-0.39, 0.29) is 0 Å². The number of nitrogens with one attached hydrogen (secondary N) is 1. The number of hydrogen-bond acceptors (Lipinski definition) is 1. The lowest BCUT2D eigenvalue weighted by atomic mass is 10.1. The van der Waals surface area contributed by atoms with E-state index in [9.17, 15) is 0 Å². The molecule has 1 N–H and O–H groups in total. The van der Waals surface area contributed by atoms with Crippen LogP contribution in [0.15, 0.2) is 28.7 Å². The molecule has 0 bridgehead atoms. The first-order valence-electron chi connectivity index (χ1n) is 5.68. The lowest BCUT2D eigenvalue weighted by Gasteiger charge is -2.20. The molecule has 0 radical (unpaired) electrons. The topological polar surface area (TPSA) is 12.0 Å². The summed E-state index contributed by atoms with van der Waals surface area (Å²) in [5.41, 5.74) is 1.36. The molecule has 2 rings (SSSR count). The van der Waals surface area contributed by atoms with Crippen molar-refractivity contribution in [3.8, 4) is 0 Å². The standard InChI is InChI=1S/C13H18BrN/c1-9(11-6-7-11)15-10(2)12-4-3-5-13(14)8-12/h3-5,8-11,15H,6-7H2,1-2H3/t9?,10-/m1/s1. The summed E-state index contributed by atoms with van der Waals surface area (Å²) < 4.78 is 1.16. The molecule has 0 saturated heterocycles. The maximum absolute atomic E-state index is 3.66. The van der Waals surface area contributed by atoms with Crippen molar-refractivity contribution in [1.29, 1.82) is 0 Å². The van der Waals surface area contributed by atoms with Crippen LogP contribution in [-0.2, 0) is 0 Å². The Kier molecular flexibility index (Phi) is 3.47. The third kappa shape index (κ3) is 3.05. The van der Waals surface area contributed by atoms with E-state index in [0.29, 0.717) is 12.1 Å². The van der Waals surface area contributed by atoms with Crippen molar-refractivity contribution in [1.82, 2.24) is 5.32 Å². The molecular weight excluding hydrogens is 250 g/mol. The highest BCUT2D eigenvalue weighted by molar-refractivity contribution is 9.10. The summed E-state index contributed by atoms with van der Waals surface area (Å²) in [4.78, 5) is 0. The first-order valence-corrected chi connectivity index (χ1v) is 6.47. The molecule has 0 aromatic heterocycles. The number of hydrogen-bond donors (Lipinski definition) is 1. The summed E-state index contributed by atoms with van der Waals surface area (Å²) >= 11 is 3.51. The van der Waals surface area contributed by atoms with Gasteiger partial charge in [0, 0.05) is 16.6 Å². The van der Waals surface area contributed by atoms with Gasteiger partial charge in [0.2, 0.25) is 0 Å². The minimum Gasteiger partial charge on any atom is -0.307 e. The van der Waals surface area contributed by atoms with Gasteiger partial charge in [0.25, 0.3) is 0 Å². The second-order valence-electron chi connectivity index (χ2n) is 4.57. The Hall–Kier alpha value is -0.340. The zero-order chi connectivity index (χ0) is 10.8. The van der Waals surface area contributed by atoms with Crippen molar-refractivity contribution >= 4 is 15.9 Å². The molecule has 1 unspecified atom stereocenters. The fourth-order valence-corrected chi connectivity index (χ4v) is 2.42. The Morgan fingerprint density at radius 1 is 1.33 bits per heavy atom. The summed E-state index contributed by atoms with van der Waals surface area (Å²) in [5, 5.41) is 3.66. The van der Waals surface area contributed by atoms with E-state index in [1.807, 2.05) is 0 Å². The van der Waals surface area contributed by atoms with Crippen molar-refractivity contribution in [3.63, 3.8) is 0 Å². The lowest BCUT2D eigenvalue weighted by molar-refractivity contribution is 0.441. The smallest absolute Gasteiger partial charge is 0.0294 e. The van der Waals surface area contributed by atoms with Crippen LogP contribution in [0.5, 0.6) is 0 Å². The minimum absolute atomic E-state index is 0.443. The van der Waals surface area contributed by atoms with Crippen molar-refractivity contribution in [3.05, 3.63) is 34.3 Å². The van der Waals surface area contributed by atoms with E-state index in [1.54, 1.807) is 0 Å². The maximum Gasteiger partial charge on any atom is 0.0294 e. The molecule has 1 saturated carbocycles. The van der Waals surface area contributed by atoms with Gasteiger partial charge in [0.05, 0.1) is 0 Å². The van der Waals surface area contributed by atoms with Crippen molar-refractivity contribution in [2.45, 2.75) is 38.8 Å². The predicted molar refractivity (Wildman–Crippen MR) is 67.9 cm³/mol. The summed E-state index contributed by atoms with van der Waals surface area (Å²) in [6.07, 6.45) is 2.80. The van der Waals surface area contributed by atoms with E-state index < -0.39 is 0 Å². The summed E-state index contributed by atoms with van der Waals surface area (Å²) in [7, 11) is 0. The van der Waals surface area contributed by atoms with E-state index in [2.05, 4.69) is 59.4 Å². The van der Waals surface area contributed by atoms with Gasteiger partial charge in [-0.2, -0.15) is 0 Å². The highest BCUT2D eigenvalue weighted by atomic mass is 79.9. The quantitative estimate of drug-likeness (QED) is 0.873. The molecular formula is C13H18BrN. The van der Waals surface area contributed by atoms with E-state index in [1.165, 1.54) is 18.4 Å². The van der Waals surface area contributed by atoms with E-state index in [0.717, 1.165) is 10.4 Å². The molecule has 1 aliphatic rings. The molecule has 1 aliphatic carbocycles. The van der Waals surface area contributed by atoms with Gasteiger partial charge in [0.1, 0.15) is 0 Å². The molecule has 0 heterocycles. The first kappa shape index (κ1) is 11.2. The Labute approximate surface area is 100 Å². The Morgan fingerprint density at radius 2 is 2.07 bits per heavy atom. The lowest BCUT2D eigenvalue weighted by Crippen LogP contribution is -2.30. The predicted octanol–water partition coefficient (Wildman–Crippen LogP) is 3.90. The SMILES string of the molecule is CC(N[C@H](C)c1cccc(Br)c1)C1CC1. The van der Waals surface area contributed by atoms with Gasteiger partial charge in [-0.25, -0.2) is 0 Å². The number of halogens is 1. The molecule has 82 valence electrons. The van der Waals surface area contributed by atoms with Gasteiger partial charge < -0.3 is 5.32 Å². The van der Waals surface area contributed by atoms with Crippen molar-refractivity contribution in [2.24, 2.45) is 5.92 Å². The third-order valence-corrected chi connectivity index (χ3v) is 3.68. The zero-order valence-corrected chi connectivity index (χ0v) is 10.9. The maximum atomic E-state index is 3.66.